The van der Waals surface area contributed by atoms with Crippen LogP contribution in [0, 0.1) is 5.82 Å². The molecule has 0 bridgehead atoms. The van der Waals surface area contributed by atoms with Crippen LogP contribution < -0.4 is 10.1 Å². The van der Waals surface area contributed by atoms with Crippen LogP contribution in [0.3, 0.4) is 0 Å². The van der Waals surface area contributed by atoms with Gasteiger partial charge in [-0.3, -0.25) is 0 Å². The summed E-state index contributed by atoms with van der Waals surface area (Å²) in [5.74, 6) is 0.00221. The van der Waals surface area contributed by atoms with Crippen molar-refractivity contribution in [3.63, 3.8) is 0 Å². The van der Waals surface area contributed by atoms with Crippen molar-refractivity contribution in [1.82, 2.24) is 5.32 Å². The van der Waals surface area contributed by atoms with Crippen LogP contribution in [-0.2, 0) is 10.2 Å². The van der Waals surface area contributed by atoms with E-state index in [1.54, 1.807) is 12.1 Å². The van der Waals surface area contributed by atoms with Crippen molar-refractivity contribution in [1.29, 1.82) is 0 Å². The van der Waals surface area contributed by atoms with Gasteiger partial charge in [-0.2, -0.15) is 0 Å². The molecule has 3 nitrogen and oxygen atoms in total. The zero-order valence-electron chi connectivity index (χ0n) is 11.0. The molecule has 0 atom stereocenters. The fourth-order valence-electron chi connectivity index (χ4n) is 2.66. The number of hydrogen-bond acceptors (Lipinski definition) is 3. The minimum absolute atomic E-state index is 0.0277. The van der Waals surface area contributed by atoms with Gasteiger partial charge in [0.25, 0.3) is 0 Å². The van der Waals surface area contributed by atoms with Crippen molar-refractivity contribution in [2.45, 2.75) is 18.3 Å². The third-order valence-corrected chi connectivity index (χ3v) is 3.73. The summed E-state index contributed by atoms with van der Waals surface area (Å²) in [5.41, 5.74) is 0.999. The van der Waals surface area contributed by atoms with Gasteiger partial charge in [-0.25, -0.2) is 4.39 Å². The summed E-state index contributed by atoms with van der Waals surface area (Å²) in [7, 11) is 3.41. The summed E-state index contributed by atoms with van der Waals surface area (Å²) in [6.45, 7) is 2.30. The van der Waals surface area contributed by atoms with Crippen molar-refractivity contribution < 1.29 is 13.9 Å². The van der Waals surface area contributed by atoms with Crippen LogP contribution >= 0.6 is 0 Å². The lowest BCUT2D eigenvalue weighted by Gasteiger charge is -2.37. The molecule has 1 aliphatic rings. The fourth-order valence-corrected chi connectivity index (χ4v) is 2.66. The van der Waals surface area contributed by atoms with Crippen molar-refractivity contribution in [2.24, 2.45) is 0 Å². The average molecular weight is 253 g/mol. The summed E-state index contributed by atoms with van der Waals surface area (Å²) >= 11 is 0. The molecule has 1 aromatic rings. The van der Waals surface area contributed by atoms with E-state index in [0.717, 1.165) is 38.2 Å². The second-order valence-corrected chi connectivity index (χ2v) is 4.77. The molecular weight excluding hydrogens is 233 g/mol. The van der Waals surface area contributed by atoms with Gasteiger partial charge in [0.15, 0.2) is 11.6 Å². The first-order valence-electron chi connectivity index (χ1n) is 6.28. The normalized spacial score (nSPS) is 18.6. The minimum Gasteiger partial charge on any atom is -0.494 e. The van der Waals surface area contributed by atoms with E-state index in [4.69, 9.17) is 9.47 Å². The highest BCUT2D eigenvalue weighted by atomic mass is 19.1. The number of nitrogens with one attached hydrogen (secondary N) is 1. The molecule has 4 heteroatoms. The monoisotopic (exact) mass is 253 g/mol. The Morgan fingerprint density at radius 2 is 2.11 bits per heavy atom. The standard InChI is InChI=1S/C14H20FNO2/c1-16-10-14(5-7-18-8-6-14)11-3-4-13(17-2)12(15)9-11/h3-4,9,16H,5-8,10H2,1-2H3. The van der Waals surface area contributed by atoms with Gasteiger partial charge in [-0.15, -0.1) is 0 Å². The highest BCUT2D eigenvalue weighted by Crippen LogP contribution is 2.35. The summed E-state index contributed by atoms with van der Waals surface area (Å²) in [5, 5.41) is 3.22. The van der Waals surface area contributed by atoms with E-state index in [-0.39, 0.29) is 11.2 Å². The Balaban J connectivity index is 2.33. The molecule has 0 saturated carbocycles. The molecule has 1 N–H and O–H groups in total. The molecule has 2 rings (SSSR count). The Kier molecular flexibility index (Phi) is 4.19. The second-order valence-electron chi connectivity index (χ2n) is 4.77. The topological polar surface area (TPSA) is 30.5 Å². The molecular formula is C14H20FNO2. The van der Waals surface area contributed by atoms with E-state index in [2.05, 4.69) is 5.32 Å². The summed E-state index contributed by atoms with van der Waals surface area (Å²) in [6.07, 6.45) is 1.83. The van der Waals surface area contributed by atoms with Crippen LogP contribution in [0.2, 0.25) is 0 Å². The van der Waals surface area contributed by atoms with E-state index >= 15 is 0 Å². The molecule has 0 radical (unpaired) electrons. The summed E-state index contributed by atoms with van der Waals surface area (Å²) in [4.78, 5) is 0. The van der Waals surface area contributed by atoms with E-state index in [0.29, 0.717) is 5.75 Å². The minimum atomic E-state index is -0.294. The van der Waals surface area contributed by atoms with E-state index in [9.17, 15) is 4.39 Å². The maximum atomic E-state index is 13.8. The number of benzene rings is 1. The molecule has 0 amide bonds. The van der Waals surface area contributed by atoms with Gasteiger partial charge in [0, 0.05) is 25.2 Å². The van der Waals surface area contributed by atoms with Crippen LogP contribution in [-0.4, -0.2) is 33.9 Å². The zero-order chi connectivity index (χ0) is 13.0. The van der Waals surface area contributed by atoms with Crippen molar-refractivity contribution in [3.05, 3.63) is 29.6 Å². The number of ether oxygens (including phenoxy) is 2. The molecule has 1 heterocycles. The number of rotatable bonds is 4. The second kappa shape index (κ2) is 5.67. The van der Waals surface area contributed by atoms with Crippen LogP contribution in [0.15, 0.2) is 18.2 Å². The molecule has 1 saturated heterocycles. The van der Waals surface area contributed by atoms with Gasteiger partial charge in [0.2, 0.25) is 0 Å². The Hall–Kier alpha value is -1.13. The largest absolute Gasteiger partial charge is 0.494 e. The quantitative estimate of drug-likeness (QED) is 0.891. The lowest BCUT2D eigenvalue weighted by molar-refractivity contribution is 0.0504. The van der Waals surface area contributed by atoms with Gasteiger partial charge in [-0.05, 0) is 37.6 Å². The Morgan fingerprint density at radius 3 is 2.67 bits per heavy atom. The lowest BCUT2D eigenvalue weighted by Crippen LogP contribution is -2.41. The SMILES string of the molecule is CNCC1(c2ccc(OC)c(F)c2)CCOCC1. The third-order valence-electron chi connectivity index (χ3n) is 3.73. The van der Waals surface area contributed by atoms with Gasteiger partial charge < -0.3 is 14.8 Å². The smallest absolute Gasteiger partial charge is 0.165 e. The Morgan fingerprint density at radius 1 is 1.39 bits per heavy atom. The number of halogens is 1. The number of likely N-dealkylation sites (N-methyl/N-ethyl adjacent to an activating group) is 1. The van der Waals surface area contributed by atoms with Crippen LogP contribution in [0.25, 0.3) is 0 Å². The van der Waals surface area contributed by atoms with Crippen LogP contribution in [0.4, 0.5) is 4.39 Å². The Labute approximate surface area is 107 Å². The molecule has 1 aromatic carbocycles. The maximum Gasteiger partial charge on any atom is 0.165 e. The highest BCUT2D eigenvalue weighted by Gasteiger charge is 2.34. The van der Waals surface area contributed by atoms with Crippen molar-refractivity contribution in [3.8, 4) is 5.75 Å². The maximum absolute atomic E-state index is 13.8. The predicted molar refractivity (Wildman–Crippen MR) is 68.6 cm³/mol. The molecule has 0 aromatic heterocycles. The van der Waals surface area contributed by atoms with Crippen molar-refractivity contribution in [2.75, 3.05) is 33.9 Å². The first-order chi connectivity index (χ1) is 8.72. The summed E-state index contributed by atoms with van der Waals surface area (Å²) in [6, 6.07) is 5.27. The van der Waals surface area contributed by atoms with Gasteiger partial charge in [-0.1, -0.05) is 6.07 Å². The molecule has 1 fully saturated rings. The predicted octanol–water partition coefficient (Wildman–Crippen LogP) is 2.10. The number of hydrogen-bond donors (Lipinski definition) is 1. The number of methoxy groups -OCH3 is 1. The van der Waals surface area contributed by atoms with E-state index in [1.165, 1.54) is 7.11 Å². The van der Waals surface area contributed by atoms with Crippen LogP contribution in [0.5, 0.6) is 5.75 Å². The fraction of sp³-hybridized carbons (Fsp3) is 0.571. The first kappa shape index (κ1) is 13.3. The van der Waals surface area contributed by atoms with Gasteiger partial charge in [0.05, 0.1) is 7.11 Å². The molecule has 1 aliphatic heterocycles. The molecule has 18 heavy (non-hydrogen) atoms. The van der Waals surface area contributed by atoms with E-state index in [1.807, 2.05) is 13.1 Å². The Bertz CT molecular complexity index is 397. The highest BCUT2D eigenvalue weighted by molar-refractivity contribution is 5.34. The third kappa shape index (κ3) is 2.49. The molecule has 0 aliphatic carbocycles. The zero-order valence-corrected chi connectivity index (χ0v) is 11.0. The van der Waals surface area contributed by atoms with Crippen LogP contribution in [0.1, 0.15) is 18.4 Å². The van der Waals surface area contributed by atoms with Gasteiger partial charge in [0.1, 0.15) is 0 Å². The van der Waals surface area contributed by atoms with Gasteiger partial charge >= 0.3 is 0 Å². The average Bonchev–Trinajstić information content (AvgIpc) is 2.40. The van der Waals surface area contributed by atoms with E-state index < -0.39 is 0 Å². The lowest BCUT2D eigenvalue weighted by atomic mass is 9.74. The first-order valence-corrected chi connectivity index (χ1v) is 6.28. The molecule has 0 unspecified atom stereocenters. The van der Waals surface area contributed by atoms with Crippen molar-refractivity contribution >= 4 is 0 Å². The summed E-state index contributed by atoms with van der Waals surface area (Å²) < 4.78 is 24.2. The molecule has 100 valence electrons. The molecule has 0 spiro atoms.